The lowest BCUT2D eigenvalue weighted by molar-refractivity contribution is -0.129. The van der Waals surface area contributed by atoms with Crippen molar-refractivity contribution in [2.45, 2.75) is 32.4 Å². The van der Waals surface area contributed by atoms with E-state index in [1.165, 1.54) is 12.3 Å². The molecule has 0 aliphatic carbocycles. The van der Waals surface area contributed by atoms with Crippen molar-refractivity contribution < 1.29 is 13.9 Å². The molecule has 0 spiro atoms. The summed E-state index contributed by atoms with van der Waals surface area (Å²) >= 11 is 0. The number of anilines is 2. The van der Waals surface area contributed by atoms with Crippen LogP contribution in [0.5, 0.6) is 0 Å². The van der Waals surface area contributed by atoms with Crippen molar-refractivity contribution in [1.82, 2.24) is 14.7 Å². The second-order valence-corrected chi connectivity index (χ2v) is 7.76. The number of fused-ring (bicyclic) bond motifs is 1. The summed E-state index contributed by atoms with van der Waals surface area (Å²) < 4.78 is 22.5. The molecule has 3 N–H and O–H groups in total. The first kappa shape index (κ1) is 21.0. The molecule has 4 rings (SSSR count). The van der Waals surface area contributed by atoms with Gasteiger partial charge in [-0.05, 0) is 24.1 Å². The van der Waals surface area contributed by atoms with Gasteiger partial charge < -0.3 is 20.7 Å². The van der Waals surface area contributed by atoms with Crippen LogP contribution in [0.1, 0.15) is 36.2 Å². The van der Waals surface area contributed by atoms with Crippen molar-refractivity contribution in [2.75, 3.05) is 32.1 Å². The fourth-order valence-electron chi connectivity index (χ4n) is 4.11. The number of nitrogens with two attached hydrogens (primary N) is 1. The molecule has 0 bridgehead atoms. The molecule has 9 heteroatoms. The molecule has 8 nitrogen and oxygen atoms in total. The van der Waals surface area contributed by atoms with Gasteiger partial charge in [-0.1, -0.05) is 6.07 Å². The third kappa shape index (κ3) is 4.18. The largest absolute Gasteiger partial charge is 0.404 e. The normalized spacial score (nSPS) is 19.1. The summed E-state index contributed by atoms with van der Waals surface area (Å²) in [5, 5.41) is 7.93. The summed E-state index contributed by atoms with van der Waals surface area (Å²) in [7, 11) is 1.63. The number of carbonyl (C=O) groups is 1. The molecule has 2 aliphatic heterocycles. The molecule has 31 heavy (non-hydrogen) atoms. The van der Waals surface area contributed by atoms with Crippen LogP contribution in [-0.4, -0.2) is 53.6 Å². The van der Waals surface area contributed by atoms with Crippen LogP contribution >= 0.6 is 0 Å². The van der Waals surface area contributed by atoms with E-state index >= 15 is 0 Å². The molecule has 1 amide bonds. The number of amides is 1. The molecule has 2 aromatic rings. The maximum atomic E-state index is 14.9. The van der Waals surface area contributed by atoms with Crippen LogP contribution in [0.3, 0.4) is 0 Å². The Labute approximate surface area is 180 Å². The van der Waals surface area contributed by atoms with Crippen LogP contribution < -0.4 is 11.1 Å². The Morgan fingerprint density at radius 3 is 2.94 bits per heavy atom. The molecular weight excluding hydrogens is 399 g/mol. The third-order valence-corrected chi connectivity index (χ3v) is 5.79. The first-order valence-electron chi connectivity index (χ1n) is 10.4. The van der Waals surface area contributed by atoms with Crippen LogP contribution in [0, 0.1) is 5.82 Å². The van der Waals surface area contributed by atoms with Crippen LogP contribution in [0.4, 0.5) is 15.9 Å². The molecule has 1 aromatic heterocycles. The zero-order chi connectivity index (χ0) is 22.0. The Bertz CT molecular complexity index is 1040. The van der Waals surface area contributed by atoms with E-state index in [4.69, 9.17) is 15.6 Å². The van der Waals surface area contributed by atoms with E-state index in [2.05, 4.69) is 10.3 Å². The number of benzene rings is 1. The molecular formula is C22H27FN6O2. The number of hydrogen-bond donors (Lipinski definition) is 2. The summed E-state index contributed by atoms with van der Waals surface area (Å²) in [5.41, 5.74) is 9.22. The first-order valence-corrected chi connectivity index (χ1v) is 10.4. The van der Waals surface area contributed by atoms with Gasteiger partial charge in [0.25, 0.3) is 0 Å². The number of rotatable bonds is 5. The average molecular weight is 426 g/mol. The smallest absolute Gasteiger partial charge is 0.219 e. The summed E-state index contributed by atoms with van der Waals surface area (Å²) in [4.78, 5) is 17.7. The number of aliphatic imine (C=N–C) groups is 1. The molecule has 1 aromatic carbocycles. The van der Waals surface area contributed by atoms with Crippen molar-refractivity contribution in [3.8, 4) is 0 Å². The van der Waals surface area contributed by atoms with E-state index in [1.54, 1.807) is 37.2 Å². The lowest BCUT2D eigenvalue weighted by Crippen LogP contribution is -2.35. The lowest BCUT2D eigenvalue weighted by Gasteiger charge is -2.27. The van der Waals surface area contributed by atoms with Gasteiger partial charge in [0.15, 0.2) is 5.82 Å². The number of allylic oxidation sites excluding steroid dienone is 1. The summed E-state index contributed by atoms with van der Waals surface area (Å²) in [5.74, 6) is 0.167. The monoisotopic (exact) mass is 426 g/mol. The van der Waals surface area contributed by atoms with Gasteiger partial charge in [0.1, 0.15) is 5.82 Å². The molecule has 2 aliphatic rings. The van der Waals surface area contributed by atoms with Gasteiger partial charge in [-0.3, -0.25) is 14.5 Å². The van der Waals surface area contributed by atoms with E-state index in [1.807, 2.05) is 4.68 Å². The number of ether oxygens (including phenoxy) is 1. The van der Waals surface area contributed by atoms with Crippen LogP contribution in [0.25, 0.3) is 5.57 Å². The van der Waals surface area contributed by atoms with Gasteiger partial charge in [-0.2, -0.15) is 5.10 Å². The third-order valence-electron chi connectivity index (χ3n) is 5.79. The van der Waals surface area contributed by atoms with Crippen molar-refractivity contribution in [3.63, 3.8) is 0 Å². The zero-order valence-corrected chi connectivity index (χ0v) is 17.8. The second kappa shape index (κ2) is 8.89. The lowest BCUT2D eigenvalue weighted by atomic mass is 10.1. The van der Waals surface area contributed by atoms with E-state index in [0.29, 0.717) is 55.4 Å². The van der Waals surface area contributed by atoms with E-state index in [0.717, 1.165) is 17.7 Å². The standard InChI is InChI=1S/C22H27FN6O2/c1-14(30)28-7-5-21-18(12-28)22(27-29(21)17-6-8-31-13-17)26-20-4-3-15(9-19(20)23)16(10-24)11-25-2/h3-4,9-11,17H,5-8,12-13,24H2,1-2H3,(H,26,27). The number of nitrogens with zero attached hydrogens (tertiary/aromatic N) is 4. The van der Waals surface area contributed by atoms with Gasteiger partial charge in [0.05, 0.1) is 24.9 Å². The molecule has 1 saturated heterocycles. The molecule has 3 heterocycles. The Kier molecular flexibility index (Phi) is 6.03. The van der Waals surface area contributed by atoms with Gasteiger partial charge in [-0.25, -0.2) is 4.39 Å². The molecule has 164 valence electrons. The average Bonchev–Trinajstić information content (AvgIpc) is 3.41. The van der Waals surface area contributed by atoms with Crippen molar-refractivity contribution in [1.29, 1.82) is 0 Å². The second-order valence-electron chi connectivity index (χ2n) is 7.76. The van der Waals surface area contributed by atoms with Crippen molar-refractivity contribution in [3.05, 3.63) is 47.0 Å². The predicted octanol–water partition coefficient (Wildman–Crippen LogP) is 2.63. The number of aromatic nitrogens is 2. The maximum Gasteiger partial charge on any atom is 0.219 e. The molecule has 1 atom stereocenters. The molecule has 0 saturated carbocycles. The zero-order valence-electron chi connectivity index (χ0n) is 17.8. The topological polar surface area (TPSA) is 97.8 Å². The Morgan fingerprint density at radius 1 is 1.45 bits per heavy atom. The number of nitrogens with one attached hydrogen (secondary N) is 1. The number of carbonyl (C=O) groups excluding carboxylic acids is 1. The Morgan fingerprint density at radius 2 is 2.29 bits per heavy atom. The van der Waals surface area contributed by atoms with E-state index in [-0.39, 0.29) is 11.9 Å². The van der Waals surface area contributed by atoms with Gasteiger partial charge in [0, 0.05) is 62.8 Å². The first-order chi connectivity index (χ1) is 15.0. The van der Waals surface area contributed by atoms with Gasteiger partial charge in [-0.15, -0.1) is 0 Å². The molecule has 1 fully saturated rings. The van der Waals surface area contributed by atoms with Gasteiger partial charge in [0.2, 0.25) is 5.91 Å². The minimum absolute atomic E-state index is 0.0165. The highest BCUT2D eigenvalue weighted by Gasteiger charge is 2.30. The highest BCUT2D eigenvalue weighted by Crippen LogP contribution is 2.33. The highest BCUT2D eigenvalue weighted by molar-refractivity contribution is 6.09. The van der Waals surface area contributed by atoms with E-state index < -0.39 is 5.82 Å². The molecule has 1 unspecified atom stereocenters. The maximum absolute atomic E-state index is 14.9. The van der Waals surface area contributed by atoms with Crippen LogP contribution in [-0.2, 0) is 22.5 Å². The summed E-state index contributed by atoms with van der Waals surface area (Å²) in [6, 6.07) is 5.01. The van der Waals surface area contributed by atoms with Crippen molar-refractivity contribution >= 4 is 29.2 Å². The number of hydrogen-bond acceptors (Lipinski definition) is 6. The Balaban J connectivity index is 1.67. The quantitative estimate of drug-likeness (QED) is 0.717. The minimum atomic E-state index is -0.423. The van der Waals surface area contributed by atoms with E-state index in [9.17, 15) is 9.18 Å². The summed E-state index contributed by atoms with van der Waals surface area (Å²) in [6.07, 6.45) is 4.58. The summed E-state index contributed by atoms with van der Waals surface area (Å²) in [6.45, 7) is 3.98. The fraction of sp³-hybridized carbons (Fsp3) is 0.409. The van der Waals surface area contributed by atoms with Crippen LogP contribution in [0.2, 0.25) is 0 Å². The van der Waals surface area contributed by atoms with Crippen LogP contribution in [0.15, 0.2) is 29.4 Å². The van der Waals surface area contributed by atoms with Gasteiger partial charge >= 0.3 is 0 Å². The minimum Gasteiger partial charge on any atom is -0.404 e. The highest BCUT2D eigenvalue weighted by atomic mass is 19.1. The molecule has 0 radical (unpaired) electrons. The van der Waals surface area contributed by atoms with Crippen molar-refractivity contribution in [2.24, 2.45) is 10.7 Å². The SMILES string of the molecule is CN=CC(=CN)c1ccc(Nc2nn(C3CCOC3)c3c2CN(C(C)=O)CC3)c(F)c1. The Hall–Kier alpha value is -3.20. The predicted molar refractivity (Wildman–Crippen MR) is 118 cm³/mol. The fourth-order valence-corrected chi connectivity index (χ4v) is 4.11. The number of halogens is 1.